The van der Waals surface area contributed by atoms with Crippen molar-refractivity contribution in [2.75, 3.05) is 18.1 Å². The summed E-state index contributed by atoms with van der Waals surface area (Å²) in [5.74, 6) is -0.972. The number of thiophene rings is 1. The molecule has 0 saturated heterocycles. The number of carbonyl (C=O) groups excluding carboxylic acids is 2. The molecule has 0 aliphatic carbocycles. The van der Waals surface area contributed by atoms with Gasteiger partial charge in [-0.25, -0.2) is 8.42 Å². The summed E-state index contributed by atoms with van der Waals surface area (Å²) in [6.45, 7) is 5.80. The minimum absolute atomic E-state index is 0.141. The minimum atomic E-state index is -3.33. The van der Waals surface area contributed by atoms with E-state index in [1.54, 1.807) is 0 Å². The van der Waals surface area contributed by atoms with Crippen LogP contribution in [0.3, 0.4) is 0 Å². The van der Waals surface area contributed by atoms with Gasteiger partial charge in [0.1, 0.15) is 5.00 Å². The Balaban J connectivity index is 1.88. The van der Waals surface area contributed by atoms with Gasteiger partial charge in [0.2, 0.25) is 0 Å². The highest BCUT2D eigenvalue weighted by molar-refractivity contribution is 7.90. The maximum absolute atomic E-state index is 12.6. The smallest absolute Gasteiger partial charge is 0.256 e. The number of sulfone groups is 1. The Morgan fingerprint density at radius 1 is 1.21 bits per heavy atom. The van der Waals surface area contributed by atoms with Crippen molar-refractivity contribution in [3.63, 3.8) is 0 Å². The lowest BCUT2D eigenvalue weighted by Gasteiger charge is -2.30. The zero-order valence-corrected chi connectivity index (χ0v) is 17.6. The third-order valence-electron chi connectivity index (χ3n) is 4.83. The molecule has 150 valence electrons. The van der Waals surface area contributed by atoms with Gasteiger partial charge in [-0.3, -0.25) is 14.5 Å². The molecule has 3 rings (SSSR count). The van der Waals surface area contributed by atoms with Gasteiger partial charge in [-0.05, 0) is 50.1 Å². The first-order chi connectivity index (χ1) is 13.1. The molecule has 2 heterocycles. The van der Waals surface area contributed by atoms with Crippen molar-refractivity contribution in [3.8, 4) is 0 Å². The average molecular weight is 422 g/mol. The Hall–Kier alpha value is -2.23. The third kappa shape index (κ3) is 4.11. The molecule has 1 aromatic heterocycles. The number of benzene rings is 1. The number of amides is 2. The number of primary amides is 1. The van der Waals surface area contributed by atoms with Gasteiger partial charge >= 0.3 is 0 Å². The van der Waals surface area contributed by atoms with Crippen LogP contribution in [0.2, 0.25) is 0 Å². The Kier molecular flexibility index (Phi) is 5.60. The maximum atomic E-state index is 12.6. The molecular formula is C19H23N3O4S2. The Labute approximate surface area is 168 Å². The van der Waals surface area contributed by atoms with Gasteiger partial charge in [-0.2, -0.15) is 0 Å². The van der Waals surface area contributed by atoms with E-state index < -0.39 is 21.7 Å². The summed E-state index contributed by atoms with van der Waals surface area (Å²) in [6, 6.07) is 6.06. The predicted octanol–water partition coefficient (Wildman–Crippen LogP) is 2.27. The molecule has 0 spiro atoms. The van der Waals surface area contributed by atoms with Gasteiger partial charge < -0.3 is 11.1 Å². The number of hydrogen-bond donors (Lipinski definition) is 2. The molecule has 2 amide bonds. The molecule has 0 radical (unpaired) electrons. The van der Waals surface area contributed by atoms with Crippen LogP contribution in [0.4, 0.5) is 5.00 Å². The summed E-state index contributed by atoms with van der Waals surface area (Å²) in [6.07, 6.45) is 1.82. The van der Waals surface area contributed by atoms with E-state index in [1.165, 1.54) is 35.6 Å². The second kappa shape index (κ2) is 7.65. The van der Waals surface area contributed by atoms with E-state index in [0.717, 1.165) is 29.8 Å². The fourth-order valence-corrected chi connectivity index (χ4v) is 5.15. The summed E-state index contributed by atoms with van der Waals surface area (Å²) < 4.78 is 23.1. The van der Waals surface area contributed by atoms with Crippen molar-refractivity contribution in [1.82, 2.24) is 4.90 Å². The lowest BCUT2D eigenvalue weighted by molar-refractivity contribution is 0.0999. The first kappa shape index (κ1) is 20.5. The molecule has 2 aromatic rings. The van der Waals surface area contributed by atoms with Crippen LogP contribution in [0.15, 0.2) is 29.2 Å². The van der Waals surface area contributed by atoms with E-state index >= 15 is 0 Å². The van der Waals surface area contributed by atoms with Crippen molar-refractivity contribution in [3.05, 3.63) is 45.8 Å². The van der Waals surface area contributed by atoms with Crippen LogP contribution >= 0.6 is 11.3 Å². The van der Waals surface area contributed by atoms with Crippen molar-refractivity contribution in [1.29, 1.82) is 0 Å². The molecule has 0 saturated carbocycles. The predicted molar refractivity (Wildman–Crippen MR) is 110 cm³/mol. The van der Waals surface area contributed by atoms with E-state index in [9.17, 15) is 18.0 Å². The van der Waals surface area contributed by atoms with Crippen LogP contribution in [0, 0.1) is 0 Å². The lowest BCUT2D eigenvalue weighted by Crippen LogP contribution is -2.35. The Morgan fingerprint density at radius 2 is 1.86 bits per heavy atom. The zero-order chi connectivity index (χ0) is 20.6. The van der Waals surface area contributed by atoms with E-state index in [2.05, 4.69) is 24.1 Å². The summed E-state index contributed by atoms with van der Waals surface area (Å²) in [5, 5.41) is 3.22. The molecule has 1 aliphatic heterocycles. The zero-order valence-electron chi connectivity index (χ0n) is 16.0. The summed E-state index contributed by atoms with van der Waals surface area (Å²) >= 11 is 1.37. The van der Waals surface area contributed by atoms with Crippen molar-refractivity contribution in [2.24, 2.45) is 5.73 Å². The molecule has 1 aromatic carbocycles. The Morgan fingerprint density at radius 3 is 2.39 bits per heavy atom. The highest BCUT2D eigenvalue weighted by Gasteiger charge is 2.28. The summed E-state index contributed by atoms with van der Waals surface area (Å²) in [7, 11) is -3.33. The quantitative estimate of drug-likeness (QED) is 0.770. The molecular weight excluding hydrogens is 398 g/mol. The molecule has 0 fully saturated rings. The highest BCUT2D eigenvalue weighted by atomic mass is 32.2. The van der Waals surface area contributed by atoms with Crippen LogP contribution in [-0.2, 0) is 22.8 Å². The SMILES string of the molecule is CC(C)N1CCc2c(sc(NC(=O)c3ccc(S(C)(=O)=O)cc3)c2C(N)=O)C1. The normalized spacial score (nSPS) is 14.7. The number of nitrogens with zero attached hydrogens (tertiary/aromatic N) is 1. The topological polar surface area (TPSA) is 110 Å². The standard InChI is InChI=1S/C19H23N3O4S2/c1-11(2)22-9-8-14-15(10-22)27-19(16(14)17(20)23)21-18(24)12-4-6-13(7-5-12)28(3,25)26/h4-7,11H,8-10H2,1-3H3,(H2,20,23)(H,21,24). The van der Waals surface area contributed by atoms with Crippen LogP contribution < -0.4 is 11.1 Å². The molecule has 0 bridgehead atoms. The number of nitrogens with one attached hydrogen (secondary N) is 1. The van der Waals surface area contributed by atoms with Crippen molar-refractivity contribution < 1.29 is 18.0 Å². The Bertz CT molecular complexity index is 1020. The number of fused-ring (bicyclic) bond motifs is 1. The molecule has 0 atom stereocenters. The summed E-state index contributed by atoms with van der Waals surface area (Å²) in [4.78, 5) is 28.1. The second-order valence-corrected chi connectivity index (χ2v) is 10.3. The molecule has 7 nitrogen and oxygen atoms in total. The number of hydrogen-bond acceptors (Lipinski definition) is 6. The fraction of sp³-hybridized carbons (Fsp3) is 0.368. The van der Waals surface area contributed by atoms with E-state index in [1.807, 2.05) is 0 Å². The molecule has 28 heavy (non-hydrogen) atoms. The van der Waals surface area contributed by atoms with Crippen molar-refractivity contribution in [2.45, 2.75) is 37.8 Å². The number of carbonyl (C=O) groups is 2. The van der Waals surface area contributed by atoms with Gasteiger partial charge in [0, 0.05) is 35.8 Å². The molecule has 1 aliphatic rings. The first-order valence-corrected chi connectivity index (χ1v) is 11.6. The van der Waals surface area contributed by atoms with Gasteiger partial charge in [0.15, 0.2) is 9.84 Å². The second-order valence-electron chi connectivity index (χ2n) is 7.14. The number of anilines is 1. The van der Waals surface area contributed by atoms with Gasteiger partial charge in [-0.15, -0.1) is 11.3 Å². The summed E-state index contributed by atoms with van der Waals surface area (Å²) in [5.41, 5.74) is 7.19. The van der Waals surface area contributed by atoms with Crippen LogP contribution in [0.25, 0.3) is 0 Å². The lowest BCUT2D eigenvalue weighted by atomic mass is 10.0. The fourth-order valence-electron chi connectivity index (χ4n) is 3.24. The van der Waals surface area contributed by atoms with Gasteiger partial charge in [0.05, 0.1) is 10.5 Å². The van der Waals surface area contributed by atoms with Gasteiger partial charge in [0.25, 0.3) is 11.8 Å². The highest BCUT2D eigenvalue weighted by Crippen LogP contribution is 2.37. The number of nitrogens with two attached hydrogens (primary N) is 1. The third-order valence-corrected chi connectivity index (χ3v) is 7.10. The monoisotopic (exact) mass is 421 g/mol. The average Bonchev–Trinajstić information content (AvgIpc) is 2.98. The van der Waals surface area contributed by atoms with E-state index in [-0.39, 0.29) is 4.90 Å². The molecule has 3 N–H and O–H groups in total. The van der Waals surface area contributed by atoms with Crippen LogP contribution in [0.1, 0.15) is 45.0 Å². The minimum Gasteiger partial charge on any atom is -0.365 e. The number of rotatable bonds is 5. The molecule has 0 unspecified atom stereocenters. The largest absolute Gasteiger partial charge is 0.365 e. The van der Waals surface area contributed by atoms with E-state index in [0.29, 0.717) is 28.6 Å². The van der Waals surface area contributed by atoms with Crippen LogP contribution in [-0.4, -0.2) is 44.0 Å². The first-order valence-electron chi connectivity index (χ1n) is 8.87. The maximum Gasteiger partial charge on any atom is 0.256 e. The van der Waals surface area contributed by atoms with Gasteiger partial charge in [-0.1, -0.05) is 0 Å². The van der Waals surface area contributed by atoms with Crippen LogP contribution in [0.5, 0.6) is 0 Å². The molecule has 9 heteroatoms. The van der Waals surface area contributed by atoms with E-state index in [4.69, 9.17) is 5.73 Å². The van der Waals surface area contributed by atoms with Crippen molar-refractivity contribution >= 4 is 38.0 Å².